The lowest BCUT2D eigenvalue weighted by molar-refractivity contribution is -0.0305. The Labute approximate surface area is 62.2 Å². The van der Waals surface area contributed by atoms with Gasteiger partial charge in [0.05, 0.1) is 12.2 Å². The van der Waals surface area contributed by atoms with Gasteiger partial charge in [-0.1, -0.05) is 0 Å². The quantitative estimate of drug-likeness (QED) is 0.599. The van der Waals surface area contributed by atoms with Gasteiger partial charge in [0.15, 0.2) is 0 Å². The van der Waals surface area contributed by atoms with Gasteiger partial charge >= 0.3 is 0 Å². The lowest BCUT2D eigenvalue weighted by Gasteiger charge is -2.28. The number of ether oxygens (including phenoxy) is 1. The third kappa shape index (κ3) is 1.96. The van der Waals surface area contributed by atoms with Crippen LogP contribution in [0.15, 0.2) is 0 Å². The Hall–Kier alpha value is -0.0800. The Balaban J connectivity index is 2.32. The highest BCUT2D eigenvalue weighted by atomic mass is 16.5. The predicted octanol–water partition coefficient (Wildman–Crippen LogP) is 1.18. The molecule has 2 heteroatoms. The van der Waals surface area contributed by atoms with Gasteiger partial charge in [0.1, 0.15) is 0 Å². The van der Waals surface area contributed by atoms with E-state index in [1.165, 1.54) is 0 Å². The first kappa shape index (κ1) is 8.02. The van der Waals surface area contributed by atoms with E-state index < -0.39 is 0 Å². The fourth-order valence-electron chi connectivity index (χ4n) is 1.47. The smallest absolute Gasteiger partial charge is 0.0550 e. The Kier molecular flexibility index (Phi) is 2.69. The summed E-state index contributed by atoms with van der Waals surface area (Å²) >= 11 is 0. The van der Waals surface area contributed by atoms with Crippen molar-refractivity contribution in [3.05, 3.63) is 0 Å². The van der Waals surface area contributed by atoms with Crippen molar-refractivity contribution in [1.29, 1.82) is 0 Å². The third-order valence-corrected chi connectivity index (χ3v) is 2.21. The molecule has 1 aliphatic heterocycles. The first-order chi connectivity index (χ1) is 4.70. The van der Waals surface area contributed by atoms with Gasteiger partial charge in [0, 0.05) is 6.61 Å². The zero-order chi connectivity index (χ0) is 7.56. The van der Waals surface area contributed by atoms with Crippen molar-refractivity contribution in [2.45, 2.75) is 38.9 Å². The standard InChI is InChI=1S/C8H16O2/c1-6-5-8(7(2)9)3-4-10-6/h6-9H,3-5H2,1-2H3/t6-,7-,8-/m1/s1. The molecule has 0 bridgehead atoms. The molecule has 1 aliphatic rings. The van der Waals surface area contributed by atoms with Gasteiger partial charge in [0.2, 0.25) is 0 Å². The molecule has 1 N–H and O–H groups in total. The van der Waals surface area contributed by atoms with Crippen LogP contribution in [-0.4, -0.2) is 23.9 Å². The number of hydrogen-bond acceptors (Lipinski definition) is 2. The van der Waals surface area contributed by atoms with E-state index in [1.807, 2.05) is 6.92 Å². The number of aliphatic hydroxyl groups excluding tert-OH is 1. The van der Waals surface area contributed by atoms with Gasteiger partial charge < -0.3 is 9.84 Å². The van der Waals surface area contributed by atoms with Gasteiger partial charge in [-0.2, -0.15) is 0 Å². The predicted molar refractivity (Wildman–Crippen MR) is 39.8 cm³/mol. The Morgan fingerprint density at radius 2 is 2.30 bits per heavy atom. The van der Waals surface area contributed by atoms with E-state index in [4.69, 9.17) is 4.74 Å². The molecule has 60 valence electrons. The van der Waals surface area contributed by atoms with Crippen LogP contribution in [0.5, 0.6) is 0 Å². The van der Waals surface area contributed by atoms with E-state index in [-0.39, 0.29) is 6.10 Å². The summed E-state index contributed by atoms with van der Waals surface area (Å²) in [4.78, 5) is 0. The van der Waals surface area contributed by atoms with Gasteiger partial charge in [-0.25, -0.2) is 0 Å². The summed E-state index contributed by atoms with van der Waals surface area (Å²) in [5.74, 6) is 0.462. The van der Waals surface area contributed by atoms with Crippen molar-refractivity contribution >= 4 is 0 Å². The van der Waals surface area contributed by atoms with Crippen LogP contribution in [-0.2, 0) is 4.74 Å². The normalized spacial score (nSPS) is 37.5. The molecule has 0 aliphatic carbocycles. The molecule has 0 amide bonds. The van der Waals surface area contributed by atoms with Crippen molar-refractivity contribution in [2.75, 3.05) is 6.61 Å². The number of hydrogen-bond donors (Lipinski definition) is 1. The Morgan fingerprint density at radius 3 is 2.70 bits per heavy atom. The minimum Gasteiger partial charge on any atom is -0.393 e. The topological polar surface area (TPSA) is 29.5 Å². The molecule has 0 aromatic carbocycles. The SMILES string of the molecule is C[C@@H]1C[C@H]([C@@H](C)O)CCO1. The fraction of sp³-hybridized carbons (Fsp3) is 1.00. The van der Waals surface area contributed by atoms with Crippen molar-refractivity contribution in [1.82, 2.24) is 0 Å². The largest absolute Gasteiger partial charge is 0.393 e. The van der Waals surface area contributed by atoms with Crippen LogP contribution in [0, 0.1) is 5.92 Å². The second-order valence-corrected chi connectivity index (χ2v) is 3.21. The number of rotatable bonds is 1. The van der Waals surface area contributed by atoms with Gasteiger partial charge in [-0.15, -0.1) is 0 Å². The van der Waals surface area contributed by atoms with Crippen LogP contribution in [0.3, 0.4) is 0 Å². The average molecular weight is 144 g/mol. The first-order valence-corrected chi connectivity index (χ1v) is 4.00. The summed E-state index contributed by atoms with van der Waals surface area (Å²) in [5.41, 5.74) is 0. The maximum atomic E-state index is 9.24. The zero-order valence-electron chi connectivity index (χ0n) is 6.71. The highest BCUT2D eigenvalue weighted by Gasteiger charge is 2.22. The van der Waals surface area contributed by atoms with Crippen molar-refractivity contribution in [3.8, 4) is 0 Å². The Bertz CT molecular complexity index is 101. The van der Waals surface area contributed by atoms with Gasteiger partial charge in [0.25, 0.3) is 0 Å². The van der Waals surface area contributed by atoms with Crippen LogP contribution >= 0.6 is 0 Å². The molecule has 0 spiro atoms. The first-order valence-electron chi connectivity index (χ1n) is 4.00. The van der Waals surface area contributed by atoms with Crippen LogP contribution in [0.1, 0.15) is 26.7 Å². The molecule has 2 nitrogen and oxygen atoms in total. The molecule has 1 saturated heterocycles. The summed E-state index contributed by atoms with van der Waals surface area (Å²) in [6, 6.07) is 0. The minimum absolute atomic E-state index is 0.161. The van der Waals surface area contributed by atoms with Crippen molar-refractivity contribution in [3.63, 3.8) is 0 Å². The molecule has 0 saturated carbocycles. The minimum atomic E-state index is -0.161. The third-order valence-electron chi connectivity index (χ3n) is 2.21. The summed E-state index contributed by atoms with van der Waals surface area (Å²) in [6.07, 6.45) is 2.21. The second kappa shape index (κ2) is 3.35. The molecule has 10 heavy (non-hydrogen) atoms. The van der Waals surface area contributed by atoms with E-state index >= 15 is 0 Å². The molecule has 3 atom stereocenters. The zero-order valence-corrected chi connectivity index (χ0v) is 6.71. The van der Waals surface area contributed by atoms with Crippen molar-refractivity contribution < 1.29 is 9.84 Å². The van der Waals surface area contributed by atoms with E-state index in [0.29, 0.717) is 12.0 Å². The van der Waals surface area contributed by atoms with Crippen LogP contribution in [0.2, 0.25) is 0 Å². The van der Waals surface area contributed by atoms with E-state index in [9.17, 15) is 5.11 Å². The molecule has 0 unspecified atom stereocenters. The lowest BCUT2D eigenvalue weighted by Crippen LogP contribution is -2.29. The second-order valence-electron chi connectivity index (χ2n) is 3.21. The molecule has 0 aromatic rings. The summed E-state index contributed by atoms with van der Waals surface area (Å²) in [6.45, 7) is 4.74. The maximum Gasteiger partial charge on any atom is 0.0550 e. The van der Waals surface area contributed by atoms with Gasteiger partial charge in [-0.05, 0) is 32.6 Å². The highest BCUT2D eigenvalue weighted by Crippen LogP contribution is 2.22. The summed E-state index contributed by atoms with van der Waals surface area (Å²) in [5, 5.41) is 9.24. The van der Waals surface area contributed by atoms with Crippen LogP contribution < -0.4 is 0 Å². The number of aliphatic hydroxyl groups is 1. The molecule has 1 rings (SSSR count). The molecular weight excluding hydrogens is 128 g/mol. The van der Waals surface area contributed by atoms with Gasteiger partial charge in [-0.3, -0.25) is 0 Å². The monoisotopic (exact) mass is 144 g/mol. The summed E-state index contributed by atoms with van der Waals surface area (Å²) in [7, 11) is 0. The molecular formula is C8H16O2. The molecule has 1 fully saturated rings. The molecule has 0 aromatic heterocycles. The van der Waals surface area contributed by atoms with Crippen LogP contribution in [0.4, 0.5) is 0 Å². The summed E-state index contributed by atoms with van der Waals surface area (Å²) < 4.78 is 5.35. The molecule has 0 radical (unpaired) electrons. The van der Waals surface area contributed by atoms with Crippen LogP contribution in [0.25, 0.3) is 0 Å². The average Bonchev–Trinajstić information content (AvgIpc) is 1.88. The Morgan fingerprint density at radius 1 is 1.60 bits per heavy atom. The highest BCUT2D eigenvalue weighted by molar-refractivity contribution is 4.72. The van der Waals surface area contributed by atoms with Crippen molar-refractivity contribution in [2.24, 2.45) is 5.92 Å². The lowest BCUT2D eigenvalue weighted by atomic mass is 9.92. The van der Waals surface area contributed by atoms with E-state index in [0.717, 1.165) is 19.4 Å². The van der Waals surface area contributed by atoms with E-state index in [2.05, 4.69) is 6.92 Å². The molecule has 1 heterocycles. The van der Waals surface area contributed by atoms with E-state index in [1.54, 1.807) is 0 Å². The maximum absolute atomic E-state index is 9.24. The fourth-order valence-corrected chi connectivity index (χ4v) is 1.47.